The molecular weight excluding hydrogens is 204 g/mol. The van der Waals surface area contributed by atoms with Crippen molar-refractivity contribution in [2.24, 2.45) is 0 Å². The Morgan fingerprint density at radius 3 is 2.81 bits per heavy atom. The normalized spacial score (nSPS) is 13.2. The van der Waals surface area contributed by atoms with E-state index in [9.17, 15) is 5.11 Å². The molecule has 4 heteroatoms. The molecule has 0 aliphatic carbocycles. The van der Waals surface area contributed by atoms with Gasteiger partial charge in [0.15, 0.2) is 0 Å². The highest BCUT2D eigenvalue weighted by Gasteiger charge is 2.11. The Balaban J connectivity index is 2.47. The van der Waals surface area contributed by atoms with E-state index in [0.717, 1.165) is 23.3 Å². The van der Waals surface area contributed by atoms with Crippen molar-refractivity contribution in [2.45, 2.75) is 26.0 Å². The van der Waals surface area contributed by atoms with E-state index in [1.807, 2.05) is 35.8 Å². The molecule has 0 saturated carbocycles. The summed E-state index contributed by atoms with van der Waals surface area (Å²) < 4.78 is 1.97. The molecule has 0 saturated heterocycles. The topological polar surface area (TPSA) is 58.3 Å². The predicted octanol–water partition coefficient (Wildman–Crippen LogP) is 0.952. The molecule has 0 aliphatic heterocycles. The third-order valence-corrected chi connectivity index (χ3v) is 2.65. The fourth-order valence-electron chi connectivity index (χ4n) is 1.87. The van der Waals surface area contributed by atoms with Crippen molar-refractivity contribution in [1.82, 2.24) is 9.55 Å². The molecule has 1 aromatic heterocycles. The summed E-state index contributed by atoms with van der Waals surface area (Å²) >= 11 is 0. The van der Waals surface area contributed by atoms with Crippen molar-refractivity contribution in [3.05, 3.63) is 30.1 Å². The first-order chi connectivity index (χ1) is 7.76. The van der Waals surface area contributed by atoms with E-state index in [2.05, 4.69) is 4.98 Å². The lowest BCUT2D eigenvalue weighted by Gasteiger charge is -2.11. The average molecular weight is 220 g/mol. The van der Waals surface area contributed by atoms with Crippen LogP contribution < -0.4 is 0 Å². The van der Waals surface area contributed by atoms with Gasteiger partial charge in [0, 0.05) is 6.42 Å². The zero-order chi connectivity index (χ0) is 11.5. The lowest BCUT2D eigenvalue weighted by Crippen LogP contribution is -2.21. The van der Waals surface area contributed by atoms with Gasteiger partial charge in [-0.3, -0.25) is 0 Å². The van der Waals surface area contributed by atoms with E-state index in [0.29, 0.717) is 6.54 Å². The number of rotatable bonds is 4. The maximum Gasteiger partial charge on any atom is 0.109 e. The largest absolute Gasteiger partial charge is 0.394 e. The third-order valence-electron chi connectivity index (χ3n) is 2.65. The van der Waals surface area contributed by atoms with Crippen LogP contribution in [0.1, 0.15) is 12.7 Å². The molecule has 16 heavy (non-hydrogen) atoms. The predicted molar refractivity (Wildman–Crippen MR) is 62.2 cm³/mol. The van der Waals surface area contributed by atoms with Gasteiger partial charge in [-0.1, -0.05) is 19.1 Å². The Morgan fingerprint density at radius 2 is 2.12 bits per heavy atom. The van der Waals surface area contributed by atoms with Crippen molar-refractivity contribution in [1.29, 1.82) is 0 Å². The molecule has 0 amide bonds. The summed E-state index contributed by atoms with van der Waals surface area (Å²) in [6.07, 6.45) is 0.0789. The highest BCUT2D eigenvalue weighted by atomic mass is 16.3. The minimum atomic E-state index is -0.733. The van der Waals surface area contributed by atoms with Crippen LogP contribution in [0.15, 0.2) is 24.3 Å². The van der Waals surface area contributed by atoms with E-state index in [-0.39, 0.29) is 6.61 Å². The Hall–Kier alpha value is -1.39. The lowest BCUT2D eigenvalue weighted by atomic mass is 10.3. The van der Waals surface area contributed by atoms with Crippen LogP contribution in [-0.4, -0.2) is 32.5 Å². The maximum atomic E-state index is 9.51. The van der Waals surface area contributed by atoms with Gasteiger partial charge < -0.3 is 14.8 Å². The van der Waals surface area contributed by atoms with Gasteiger partial charge >= 0.3 is 0 Å². The first kappa shape index (κ1) is 11.1. The number of hydrogen-bond donors (Lipinski definition) is 2. The fraction of sp³-hybridized carbons (Fsp3) is 0.417. The SMILES string of the molecule is CCc1nc2ccccc2n1CC(O)CO. The van der Waals surface area contributed by atoms with Crippen LogP contribution in [0.25, 0.3) is 11.0 Å². The van der Waals surface area contributed by atoms with E-state index >= 15 is 0 Å². The highest BCUT2D eigenvalue weighted by molar-refractivity contribution is 5.75. The number of imidazole rings is 1. The molecule has 1 atom stereocenters. The molecule has 2 aromatic rings. The molecule has 1 unspecified atom stereocenters. The molecule has 4 nitrogen and oxygen atoms in total. The van der Waals surface area contributed by atoms with Gasteiger partial charge in [-0.05, 0) is 12.1 Å². The molecule has 2 N–H and O–H groups in total. The van der Waals surface area contributed by atoms with Crippen molar-refractivity contribution in [3.63, 3.8) is 0 Å². The minimum absolute atomic E-state index is 0.227. The third kappa shape index (κ3) is 1.94. The monoisotopic (exact) mass is 220 g/mol. The van der Waals surface area contributed by atoms with Gasteiger partial charge in [-0.15, -0.1) is 0 Å². The minimum Gasteiger partial charge on any atom is -0.394 e. The summed E-state index contributed by atoms with van der Waals surface area (Å²) in [5.74, 6) is 0.939. The second-order valence-corrected chi connectivity index (χ2v) is 3.82. The summed E-state index contributed by atoms with van der Waals surface area (Å²) in [6.45, 7) is 2.19. The van der Waals surface area contributed by atoms with Crippen molar-refractivity contribution in [2.75, 3.05) is 6.61 Å². The number of aliphatic hydroxyl groups excluding tert-OH is 2. The second-order valence-electron chi connectivity index (χ2n) is 3.82. The van der Waals surface area contributed by atoms with Gasteiger partial charge in [-0.2, -0.15) is 0 Å². The van der Waals surface area contributed by atoms with Gasteiger partial charge in [-0.25, -0.2) is 4.98 Å². The van der Waals surface area contributed by atoms with Crippen molar-refractivity contribution >= 4 is 11.0 Å². The van der Waals surface area contributed by atoms with Gasteiger partial charge in [0.25, 0.3) is 0 Å². The number of hydrogen-bond acceptors (Lipinski definition) is 3. The number of aromatic nitrogens is 2. The highest BCUT2D eigenvalue weighted by Crippen LogP contribution is 2.16. The fourth-order valence-corrected chi connectivity index (χ4v) is 1.87. The molecule has 86 valence electrons. The van der Waals surface area contributed by atoms with E-state index < -0.39 is 6.10 Å². The number of aliphatic hydroxyl groups is 2. The van der Waals surface area contributed by atoms with E-state index in [4.69, 9.17) is 5.11 Å². The van der Waals surface area contributed by atoms with Crippen LogP contribution in [0.5, 0.6) is 0 Å². The quantitative estimate of drug-likeness (QED) is 0.806. The molecule has 1 aromatic carbocycles. The molecule has 2 rings (SSSR count). The summed E-state index contributed by atoms with van der Waals surface area (Å²) in [4.78, 5) is 4.49. The standard InChI is InChI=1S/C12H16N2O2/c1-2-12-13-10-5-3-4-6-11(10)14(12)7-9(16)8-15/h3-6,9,15-16H,2,7-8H2,1H3. The number of benzene rings is 1. The van der Waals surface area contributed by atoms with Crippen LogP contribution in [0, 0.1) is 0 Å². The summed E-state index contributed by atoms with van der Waals surface area (Å²) in [5, 5.41) is 18.4. The van der Waals surface area contributed by atoms with Crippen LogP contribution in [0.2, 0.25) is 0 Å². The molecule has 1 heterocycles. The second kappa shape index (κ2) is 4.63. The Bertz CT molecular complexity index is 479. The number of nitrogens with zero attached hydrogens (tertiary/aromatic N) is 2. The molecule has 0 aliphatic rings. The van der Waals surface area contributed by atoms with Gasteiger partial charge in [0.2, 0.25) is 0 Å². The zero-order valence-corrected chi connectivity index (χ0v) is 9.30. The number of aryl methyl sites for hydroxylation is 1. The summed E-state index contributed by atoms with van der Waals surface area (Å²) in [7, 11) is 0. The first-order valence-electron chi connectivity index (χ1n) is 5.49. The average Bonchev–Trinajstić information content (AvgIpc) is 2.67. The molecule has 0 fully saturated rings. The molecule has 0 spiro atoms. The van der Waals surface area contributed by atoms with Crippen molar-refractivity contribution < 1.29 is 10.2 Å². The summed E-state index contributed by atoms with van der Waals surface area (Å²) in [5.41, 5.74) is 1.94. The summed E-state index contributed by atoms with van der Waals surface area (Å²) in [6, 6.07) is 7.83. The maximum absolute atomic E-state index is 9.51. The molecule has 0 radical (unpaired) electrons. The zero-order valence-electron chi connectivity index (χ0n) is 9.30. The Labute approximate surface area is 94.2 Å². The lowest BCUT2D eigenvalue weighted by molar-refractivity contribution is 0.0815. The van der Waals surface area contributed by atoms with Gasteiger partial charge in [0.05, 0.1) is 30.3 Å². The van der Waals surface area contributed by atoms with Gasteiger partial charge in [0.1, 0.15) is 5.82 Å². The van der Waals surface area contributed by atoms with Crippen LogP contribution in [0.3, 0.4) is 0 Å². The van der Waals surface area contributed by atoms with Crippen LogP contribution >= 0.6 is 0 Å². The molecule has 0 bridgehead atoms. The number of fused-ring (bicyclic) bond motifs is 1. The smallest absolute Gasteiger partial charge is 0.109 e. The number of para-hydroxylation sites is 2. The van der Waals surface area contributed by atoms with Crippen molar-refractivity contribution in [3.8, 4) is 0 Å². The molecular formula is C12H16N2O2. The Kier molecular flexibility index (Phi) is 3.22. The van der Waals surface area contributed by atoms with Crippen LogP contribution in [0.4, 0.5) is 0 Å². The van der Waals surface area contributed by atoms with Crippen LogP contribution in [-0.2, 0) is 13.0 Å². The Morgan fingerprint density at radius 1 is 1.38 bits per heavy atom. The van der Waals surface area contributed by atoms with E-state index in [1.54, 1.807) is 0 Å². The van der Waals surface area contributed by atoms with E-state index in [1.165, 1.54) is 0 Å². The first-order valence-corrected chi connectivity index (χ1v) is 5.49.